The number of methoxy groups -OCH3 is 1. The van der Waals surface area contributed by atoms with E-state index in [0.29, 0.717) is 22.4 Å². The van der Waals surface area contributed by atoms with Crippen LogP contribution >= 0.6 is 0 Å². The summed E-state index contributed by atoms with van der Waals surface area (Å²) in [5, 5.41) is 2.74. The van der Waals surface area contributed by atoms with Gasteiger partial charge in [0, 0.05) is 18.7 Å². The molecule has 0 aliphatic carbocycles. The third-order valence-electron chi connectivity index (χ3n) is 6.60. The van der Waals surface area contributed by atoms with E-state index in [1.165, 1.54) is 41.2 Å². The van der Waals surface area contributed by atoms with E-state index in [4.69, 9.17) is 4.74 Å². The van der Waals surface area contributed by atoms with Gasteiger partial charge in [0.1, 0.15) is 11.8 Å². The molecule has 1 N–H and O–H groups in total. The summed E-state index contributed by atoms with van der Waals surface area (Å²) >= 11 is 0. The van der Waals surface area contributed by atoms with E-state index in [2.05, 4.69) is 5.32 Å². The van der Waals surface area contributed by atoms with Crippen molar-refractivity contribution in [2.24, 2.45) is 0 Å². The Morgan fingerprint density at radius 2 is 1.70 bits per heavy atom. The third kappa shape index (κ3) is 4.62. The van der Waals surface area contributed by atoms with Gasteiger partial charge in [-0.25, -0.2) is 0 Å². The molecular formula is C27H22F3N3O4. The molecular weight excluding hydrogens is 487 g/mol. The van der Waals surface area contributed by atoms with Crippen molar-refractivity contribution in [3.05, 3.63) is 83.4 Å². The largest absolute Gasteiger partial charge is 0.497 e. The number of halogens is 3. The number of hydrogen-bond donors (Lipinski definition) is 1. The highest BCUT2D eigenvalue weighted by atomic mass is 19.4. The topological polar surface area (TPSA) is 79.0 Å². The standard InChI is InChI=1S/C27H22F3N3O4/c1-37-20-8-5-16(6-9-20)25(35)32-11-12-33-23(15-32)24(34)31-22-10-7-18(14-21(22)26(33)36)17-3-2-4-19(13-17)27(28,29)30/h2-10,13-14,23H,11-12,15H2,1H3,(H,31,34). The zero-order chi connectivity index (χ0) is 26.3. The predicted octanol–water partition coefficient (Wildman–Crippen LogP) is 4.30. The van der Waals surface area contributed by atoms with Crippen LogP contribution in [-0.4, -0.2) is 60.3 Å². The Labute approximate surface area is 210 Å². The van der Waals surface area contributed by atoms with E-state index in [9.17, 15) is 27.6 Å². The summed E-state index contributed by atoms with van der Waals surface area (Å²) in [7, 11) is 1.53. The lowest BCUT2D eigenvalue weighted by Crippen LogP contribution is -2.59. The van der Waals surface area contributed by atoms with Gasteiger partial charge in [0.25, 0.3) is 11.8 Å². The van der Waals surface area contributed by atoms with Crippen LogP contribution in [0.4, 0.5) is 18.9 Å². The first-order valence-corrected chi connectivity index (χ1v) is 11.5. The van der Waals surface area contributed by atoms with E-state index in [1.54, 1.807) is 30.3 Å². The summed E-state index contributed by atoms with van der Waals surface area (Å²) in [5.74, 6) is -0.525. The number of anilines is 1. The summed E-state index contributed by atoms with van der Waals surface area (Å²) in [6.45, 7) is 0.367. The summed E-state index contributed by atoms with van der Waals surface area (Å²) < 4.78 is 44.7. The SMILES string of the molecule is COc1ccc(C(=O)N2CCN3C(=O)c4cc(-c5cccc(C(F)(F)F)c5)ccc4NC(=O)C3C2)cc1. The van der Waals surface area contributed by atoms with Crippen molar-refractivity contribution in [1.29, 1.82) is 0 Å². The van der Waals surface area contributed by atoms with Crippen LogP contribution < -0.4 is 10.1 Å². The zero-order valence-electron chi connectivity index (χ0n) is 19.7. The predicted molar refractivity (Wildman–Crippen MR) is 129 cm³/mol. The normalized spacial score (nSPS) is 17.5. The molecule has 3 aromatic carbocycles. The van der Waals surface area contributed by atoms with Crippen LogP contribution in [0.25, 0.3) is 11.1 Å². The first-order chi connectivity index (χ1) is 17.7. The highest BCUT2D eigenvalue weighted by Gasteiger charge is 2.40. The van der Waals surface area contributed by atoms with Gasteiger partial charge >= 0.3 is 6.18 Å². The molecule has 0 bridgehead atoms. The lowest BCUT2D eigenvalue weighted by Gasteiger charge is -2.39. The van der Waals surface area contributed by atoms with Crippen LogP contribution in [0, 0.1) is 0 Å². The monoisotopic (exact) mass is 509 g/mol. The summed E-state index contributed by atoms with van der Waals surface area (Å²) in [6, 6.07) is 15.1. The van der Waals surface area contributed by atoms with E-state index >= 15 is 0 Å². The maximum absolute atomic E-state index is 13.5. The number of rotatable bonds is 3. The number of nitrogens with zero attached hydrogens (tertiary/aromatic N) is 2. The van der Waals surface area contributed by atoms with Gasteiger partial charge in [0.15, 0.2) is 0 Å². The summed E-state index contributed by atoms with van der Waals surface area (Å²) in [4.78, 5) is 42.5. The smallest absolute Gasteiger partial charge is 0.416 e. The van der Waals surface area contributed by atoms with Gasteiger partial charge in [-0.15, -0.1) is 0 Å². The molecule has 3 aromatic rings. The first kappa shape index (κ1) is 24.4. The lowest BCUT2D eigenvalue weighted by molar-refractivity contribution is -0.137. The quantitative estimate of drug-likeness (QED) is 0.571. The fourth-order valence-corrected chi connectivity index (χ4v) is 4.61. The molecule has 0 saturated carbocycles. The molecule has 1 unspecified atom stereocenters. The molecule has 1 atom stereocenters. The molecule has 5 rings (SSSR count). The minimum atomic E-state index is -4.50. The average Bonchev–Trinajstić information content (AvgIpc) is 3.01. The number of hydrogen-bond acceptors (Lipinski definition) is 4. The fraction of sp³-hybridized carbons (Fsp3) is 0.222. The Morgan fingerprint density at radius 1 is 0.973 bits per heavy atom. The van der Waals surface area contributed by atoms with Gasteiger partial charge in [-0.05, 0) is 59.7 Å². The molecule has 1 saturated heterocycles. The van der Waals surface area contributed by atoms with Crippen LogP contribution in [0.15, 0.2) is 66.7 Å². The minimum absolute atomic E-state index is 0.0108. The number of nitrogens with one attached hydrogen (secondary N) is 1. The second kappa shape index (κ2) is 9.27. The van der Waals surface area contributed by atoms with Crippen molar-refractivity contribution in [2.75, 3.05) is 32.1 Å². The van der Waals surface area contributed by atoms with Crippen molar-refractivity contribution in [2.45, 2.75) is 12.2 Å². The molecule has 0 aromatic heterocycles. The number of fused-ring (bicyclic) bond motifs is 2. The van der Waals surface area contributed by atoms with Crippen molar-refractivity contribution < 1.29 is 32.3 Å². The van der Waals surface area contributed by atoms with Gasteiger partial charge in [0.2, 0.25) is 5.91 Å². The van der Waals surface area contributed by atoms with Crippen LogP contribution in [0.1, 0.15) is 26.3 Å². The molecule has 10 heteroatoms. The van der Waals surface area contributed by atoms with E-state index in [-0.39, 0.29) is 36.8 Å². The van der Waals surface area contributed by atoms with Gasteiger partial charge < -0.3 is 19.9 Å². The summed E-state index contributed by atoms with van der Waals surface area (Å²) in [5.41, 5.74) is 0.807. The second-order valence-corrected chi connectivity index (χ2v) is 8.82. The number of amides is 3. The molecule has 1 fully saturated rings. The Morgan fingerprint density at radius 3 is 2.41 bits per heavy atom. The van der Waals surface area contributed by atoms with Crippen molar-refractivity contribution in [1.82, 2.24) is 9.80 Å². The number of carbonyl (C=O) groups excluding carboxylic acids is 3. The lowest BCUT2D eigenvalue weighted by atomic mass is 9.99. The third-order valence-corrected chi connectivity index (χ3v) is 6.60. The highest BCUT2D eigenvalue weighted by Crippen LogP contribution is 2.34. The van der Waals surface area contributed by atoms with Crippen molar-refractivity contribution in [3.63, 3.8) is 0 Å². The zero-order valence-corrected chi connectivity index (χ0v) is 19.7. The molecule has 7 nitrogen and oxygen atoms in total. The number of alkyl halides is 3. The van der Waals surface area contributed by atoms with Crippen LogP contribution in [0.5, 0.6) is 5.75 Å². The van der Waals surface area contributed by atoms with E-state index in [0.717, 1.165) is 12.1 Å². The molecule has 0 radical (unpaired) electrons. The van der Waals surface area contributed by atoms with Crippen LogP contribution in [0.2, 0.25) is 0 Å². The molecule has 37 heavy (non-hydrogen) atoms. The first-order valence-electron chi connectivity index (χ1n) is 11.5. The van der Waals surface area contributed by atoms with Gasteiger partial charge in [-0.2, -0.15) is 13.2 Å². The van der Waals surface area contributed by atoms with E-state index < -0.39 is 29.6 Å². The Hall–Kier alpha value is -4.34. The highest BCUT2D eigenvalue weighted by molar-refractivity contribution is 6.11. The van der Waals surface area contributed by atoms with Crippen molar-refractivity contribution >= 4 is 23.4 Å². The van der Waals surface area contributed by atoms with Crippen molar-refractivity contribution in [3.8, 4) is 16.9 Å². The Balaban J connectivity index is 1.40. The second-order valence-electron chi connectivity index (χ2n) is 8.82. The molecule has 2 aliphatic heterocycles. The molecule has 0 spiro atoms. The van der Waals surface area contributed by atoms with Crippen LogP contribution in [-0.2, 0) is 11.0 Å². The number of piperazine rings is 1. The summed E-state index contributed by atoms with van der Waals surface area (Å²) in [6.07, 6.45) is -4.50. The molecule has 2 heterocycles. The molecule has 2 aliphatic rings. The van der Waals surface area contributed by atoms with Crippen LogP contribution in [0.3, 0.4) is 0 Å². The average molecular weight is 509 g/mol. The minimum Gasteiger partial charge on any atom is -0.497 e. The maximum atomic E-state index is 13.5. The van der Waals surface area contributed by atoms with Gasteiger partial charge in [0.05, 0.1) is 30.5 Å². The van der Waals surface area contributed by atoms with Gasteiger partial charge in [-0.3, -0.25) is 14.4 Å². The van der Waals surface area contributed by atoms with E-state index in [1.807, 2.05) is 0 Å². The Bertz CT molecular complexity index is 1390. The molecule has 190 valence electrons. The maximum Gasteiger partial charge on any atom is 0.416 e. The number of ether oxygens (including phenoxy) is 1. The number of benzene rings is 3. The molecule has 3 amide bonds. The Kier molecular flexibility index (Phi) is 6.10. The fourth-order valence-electron chi connectivity index (χ4n) is 4.61. The van der Waals surface area contributed by atoms with Gasteiger partial charge in [-0.1, -0.05) is 18.2 Å². The number of carbonyl (C=O) groups is 3.